The van der Waals surface area contributed by atoms with Gasteiger partial charge in [-0.2, -0.15) is 0 Å². The van der Waals surface area contributed by atoms with Crippen molar-refractivity contribution in [1.82, 2.24) is 0 Å². The highest BCUT2D eigenvalue weighted by atomic mass is 32.2. The average Bonchev–Trinajstić information content (AvgIpc) is 2.48. The van der Waals surface area contributed by atoms with E-state index in [0.717, 1.165) is 16.8 Å². The fraction of sp³-hybridized carbons (Fsp3) is 0.222. The summed E-state index contributed by atoms with van der Waals surface area (Å²) >= 11 is 0. The molecule has 0 aromatic heterocycles. The van der Waals surface area contributed by atoms with E-state index in [2.05, 4.69) is 30.0 Å². The van der Waals surface area contributed by atoms with Gasteiger partial charge in [0.15, 0.2) is 0 Å². The van der Waals surface area contributed by atoms with Gasteiger partial charge < -0.3 is 5.32 Å². The molecule has 0 unspecified atom stereocenters. The Bertz CT molecular complexity index is 869. The first kappa shape index (κ1) is 15.6. The Labute approximate surface area is 137 Å². The number of nitrogens with one attached hydrogen (secondary N) is 2. The van der Waals surface area contributed by atoms with Crippen LogP contribution in [0.4, 0.5) is 11.4 Å². The molecule has 0 aliphatic carbocycles. The summed E-state index contributed by atoms with van der Waals surface area (Å²) in [4.78, 5) is 0.254. The maximum atomic E-state index is 12.4. The number of rotatable bonds is 3. The highest BCUT2D eigenvalue weighted by Crippen LogP contribution is 2.35. The van der Waals surface area contributed by atoms with Crippen molar-refractivity contribution in [3.05, 3.63) is 60.2 Å². The van der Waals surface area contributed by atoms with Crippen LogP contribution >= 0.6 is 0 Å². The first-order valence-corrected chi connectivity index (χ1v) is 8.95. The predicted octanol–water partition coefficient (Wildman–Crippen LogP) is 4.09. The summed E-state index contributed by atoms with van der Waals surface area (Å²) in [6, 6.07) is 13.9. The maximum Gasteiger partial charge on any atom is 0.261 e. The standard InChI is InChI=1S/C18H20N2O2S/c1-13-12-18(2,3)19-17-10-9-14(11-16(13)17)20-23(21,22)15-7-5-4-6-8-15/h4-12,19-20H,1-3H3. The summed E-state index contributed by atoms with van der Waals surface area (Å²) in [5.41, 5.74) is 3.60. The highest BCUT2D eigenvalue weighted by molar-refractivity contribution is 7.92. The van der Waals surface area contributed by atoms with E-state index in [0.29, 0.717) is 5.69 Å². The molecule has 0 bridgehead atoms. The van der Waals surface area contributed by atoms with E-state index in [9.17, 15) is 8.42 Å². The lowest BCUT2D eigenvalue weighted by atomic mass is 9.91. The van der Waals surface area contributed by atoms with E-state index in [-0.39, 0.29) is 10.4 Å². The van der Waals surface area contributed by atoms with E-state index < -0.39 is 10.0 Å². The highest BCUT2D eigenvalue weighted by Gasteiger charge is 2.23. The smallest absolute Gasteiger partial charge is 0.261 e. The summed E-state index contributed by atoms with van der Waals surface area (Å²) in [7, 11) is -3.57. The van der Waals surface area contributed by atoms with Crippen molar-refractivity contribution in [3.8, 4) is 0 Å². The van der Waals surface area contributed by atoms with Gasteiger partial charge in [0.2, 0.25) is 0 Å². The molecule has 0 amide bonds. The third-order valence-corrected chi connectivity index (χ3v) is 5.18. The summed E-state index contributed by atoms with van der Waals surface area (Å²) in [6.07, 6.45) is 2.14. The van der Waals surface area contributed by atoms with Crippen molar-refractivity contribution < 1.29 is 8.42 Å². The molecule has 5 heteroatoms. The molecule has 0 spiro atoms. The van der Waals surface area contributed by atoms with Crippen LogP contribution in [0.15, 0.2) is 59.5 Å². The van der Waals surface area contributed by atoms with Gasteiger partial charge in [-0.1, -0.05) is 24.3 Å². The fourth-order valence-electron chi connectivity index (χ4n) is 2.86. The number of benzene rings is 2. The van der Waals surface area contributed by atoms with Crippen LogP contribution in [0.25, 0.3) is 5.57 Å². The van der Waals surface area contributed by atoms with Crippen molar-refractivity contribution in [2.75, 3.05) is 10.0 Å². The molecular weight excluding hydrogens is 308 g/mol. The van der Waals surface area contributed by atoms with Gasteiger partial charge in [0.05, 0.1) is 10.4 Å². The zero-order chi connectivity index (χ0) is 16.7. The Morgan fingerprint density at radius 3 is 2.43 bits per heavy atom. The van der Waals surface area contributed by atoms with Crippen LogP contribution in [-0.4, -0.2) is 14.0 Å². The van der Waals surface area contributed by atoms with Crippen LogP contribution in [-0.2, 0) is 10.0 Å². The van der Waals surface area contributed by atoms with Crippen LogP contribution in [0.5, 0.6) is 0 Å². The third-order valence-electron chi connectivity index (χ3n) is 3.78. The van der Waals surface area contributed by atoms with Gasteiger partial charge in [0, 0.05) is 16.9 Å². The second kappa shape index (κ2) is 5.42. The largest absolute Gasteiger partial charge is 0.376 e. The first-order chi connectivity index (χ1) is 10.8. The van der Waals surface area contributed by atoms with E-state index in [1.807, 2.05) is 19.1 Å². The quantitative estimate of drug-likeness (QED) is 0.892. The molecule has 2 aromatic rings. The van der Waals surface area contributed by atoms with Gasteiger partial charge in [-0.3, -0.25) is 4.72 Å². The number of fused-ring (bicyclic) bond motifs is 1. The third kappa shape index (κ3) is 3.24. The molecule has 1 aliphatic rings. The monoisotopic (exact) mass is 328 g/mol. The predicted molar refractivity (Wildman–Crippen MR) is 95.0 cm³/mol. The average molecular weight is 328 g/mol. The lowest BCUT2D eigenvalue weighted by Crippen LogP contribution is -2.31. The van der Waals surface area contributed by atoms with E-state index in [1.54, 1.807) is 36.4 Å². The Hall–Kier alpha value is -2.27. The lowest BCUT2D eigenvalue weighted by Gasteiger charge is -2.31. The van der Waals surface area contributed by atoms with Gasteiger partial charge in [0.25, 0.3) is 10.0 Å². The molecule has 2 aromatic carbocycles. The Morgan fingerprint density at radius 2 is 1.74 bits per heavy atom. The van der Waals surface area contributed by atoms with Crippen LogP contribution in [0.3, 0.4) is 0 Å². The second-order valence-corrected chi connectivity index (χ2v) is 8.04. The van der Waals surface area contributed by atoms with Crippen molar-refractivity contribution >= 4 is 27.0 Å². The van der Waals surface area contributed by atoms with Crippen LogP contribution in [0.2, 0.25) is 0 Å². The molecule has 120 valence electrons. The van der Waals surface area contributed by atoms with Gasteiger partial charge >= 0.3 is 0 Å². The van der Waals surface area contributed by atoms with E-state index in [4.69, 9.17) is 0 Å². The molecule has 3 rings (SSSR count). The van der Waals surface area contributed by atoms with Crippen LogP contribution < -0.4 is 10.0 Å². The minimum absolute atomic E-state index is 0.109. The van der Waals surface area contributed by atoms with Crippen molar-refractivity contribution in [3.63, 3.8) is 0 Å². The molecule has 1 heterocycles. The minimum Gasteiger partial charge on any atom is -0.376 e. The van der Waals surface area contributed by atoms with Crippen molar-refractivity contribution in [2.45, 2.75) is 31.2 Å². The number of anilines is 2. The molecule has 1 aliphatic heterocycles. The van der Waals surface area contributed by atoms with Gasteiger partial charge in [-0.25, -0.2) is 8.42 Å². The Kier molecular flexibility index (Phi) is 3.68. The zero-order valence-electron chi connectivity index (χ0n) is 13.4. The summed E-state index contributed by atoms with van der Waals surface area (Å²) in [6.45, 7) is 6.24. The molecule has 0 saturated carbocycles. The normalized spacial score (nSPS) is 16.0. The first-order valence-electron chi connectivity index (χ1n) is 7.47. The Morgan fingerprint density at radius 1 is 1.04 bits per heavy atom. The lowest BCUT2D eigenvalue weighted by molar-refractivity contribution is 0.601. The van der Waals surface area contributed by atoms with E-state index >= 15 is 0 Å². The van der Waals surface area contributed by atoms with Gasteiger partial charge in [-0.05, 0) is 56.7 Å². The number of allylic oxidation sites excluding steroid dienone is 1. The Balaban J connectivity index is 1.94. The molecule has 2 N–H and O–H groups in total. The number of hydrogen-bond donors (Lipinski definition) is 2. The SMILES string of the molecule is CC1=CC(C)(C)Nc2ccc(NS(=O)(=O)c3ccccc3)cc21. The molecule has 4 nitrogen and oxygen atoms in total. The minimum atomic E-state index is -3.57. The molecular formula is C18H20N2O2S. The van der Waals surface area contributed by atoms with Crippen molar-refractivity contribution in [2.24, 2.45) is 0 Å². The van der Waals surface area contributed by atoms with E-state index in [1.165, 1.54) is 0 Å². The van der Waals surface area contributed by atoms with Gasteiger partial charge in [-0.15, -0.1) is 0 Å². The topological polar surface area (TPSA) is 58.2 Å². The molecule has 0 atom stereocenters. The summed E-state index contributed by atoms with van der Waals surface area (Å²) in [5, 5.41) is 3.43. The number of sulfonamides is 1. The second-order valence-electron chi connectivity index (χ2n) is 6.35. The molecule has 0 saturated heterocycles. The molecule has 23 heavy (non-hydrogen) atoms. The maximum absolute atomic E-state index is 12.4. The van der Waals surface area contributed by atoms with Crippen molar-refractivity contribution in [1.29, 1.82) is 0 Å². The zero-order valence-corrected chi connectivity index (χ0v) is 14.2. The molecule has 0 radical (unpaired) electrons. The molecule has 0 fully saturated rings. The number of hydrogen-bond acceptors (Lipinski definition) is 3. The van der Waals surface area contributed by atoms with Gasteiger partial charge in [0.1, 0.15) is 0 Å². The summed E-state index contributed by atoms with van der Waals surface area (Å²) in [5.74, 6) is 0. The van der Waals surface area contributed by atoms with Crippen LogP contribution in [0.1, 0.15) is 26.3 Å². The summed E-state index contributed by atoms with van der Waals surface area (Å²) < 4.78 is 27.5. The van der Waals surface area contributed by atoms with Crippen LogP contribution in [0, 0.1) is 0 Å². The fourth-order valence-corrected chi connectivity index (χ4v) is 3.93.